The minimum Gasteiger partial charge on any atom is -0.370 e. The highest BCUT2D eigenvalue weighted by atomic mass is 79.9. The summed E-state index contributed by atoms with van der Waals surface area (Å²) < 4.78 is 39.4. The summed E-state index contributed by atoms with van der Waals surface area (Å²) in [4.78, 5) is 16.8. The van der Waals surface area contributed by atoms with Gasteiger partial charge >= 0.3 is 6.18 Å². The number of amides is 1. The van der Waals surface area contributed by atoms with Crippen molar-refractivity contribution in [2.24, 2.45) is 5.92 Å². The van der Waals surface area contributed by atoms with E-state index in [1.807, 2.05) is 18.2 Å². The molecular formula is C20H20BrClF3N3O. The molecule has 156 valence electrons. The molecule has 1 fully saturated rings. The summed E-state index contributed by atoms with van der Waals surface area (Å²) in [5, 5.41) is 6.15. The number of pyridine rings is 1. The third-order valence-electron chi connectivity index (χ3n) is 5.01. The second-order valence-electron chi connectivity index (χ2n) is 7.11. The zero-order valence-corrected chi connectivity index (χ0v) is 17.7. The molecule has 2 N–H and O–H groups in total. The van der Waals surface area contributed by atoms with Gasteiger partial charge in [-0.15, -0.1) is 0 Å². The lowest BCUT2D eigenvalue weighted by atomic mass is 9.86. The highest BCUT2D eigenvalue weighted by Crippen LogP contribution is 2.32. The third-order valence-corrected chi connectivity index (χ3v) is 5.78. The van der Waals surface area contributed by atoms with E-state index in [-0.39, 0.29) is 16.6 Å². The van der Waals surface area contributed by atoms with Gasteiger partial charge in [-0.25, -0.2) is 4.98 Å². The Morgan fingerprint density at radius 2 is 1.90 bits per heavy atom. The Morgan fingerprint density at radius 1 is 1.17 bits per heavy atom. The van der Waals surface area contributed by atoms with Gasteiger partial charge in [0.25, 0.3) is 5.91 Å². The Labute approximate surface area is 180 Å². The number of anilines is 1. The quantitative estimate of drug-likeness (QED) is 0.512. The van der Waals surface area contributed by atoms with Crippen LogP contribution in [0.3, 0.4) is 0 Å². The molecule has 0 bridgehead atoms. The first kappa shape index (κ1) is 21.9. The van der Waals surface area contributed by atoms with Gasteiger partial charge in [-0.1, -0.05) is 17.7 Å². The van der Waals surface area contributed by atoms with Crippen LogP contribution in [0.25, 0.3) is 0 Å². The first-order valence-electron chi connectivity index (χ1n) is 9.26. The third kappa shape index (κ3) is 6.09. The SMILES string of the molecule is O=C(NC1CCC(CNc2cccc(Br)n2)CC1)c1cc(C(F)(F)F)ccc1Cl. The molecule has 0 unspecified atom stereocenters. The van der Waals surface area contributed by atoms with Gasteiger partial charge in [-0.2, -0.15) is 13.2 Å². The normalized spacial score (nSPS) is 19.6. The molecule has 9 heteroatoms. The molecule has 0 saturated heterocycles. The molecule has 1 aromatic carbocycles. The van der Waals surface area contributed by atoms with Gasteiger partial charge in [0.05, 0.1) is 16.1 Å². The van der Waals surface area contributed by atoms with Crippen LogP contribution >= 0.6 is 27.5 Å². The van der Waals surface area contributed by atoms with E-state index in [9.17, 15) is 18.0 Å². The molecular weight excluding hydrogens is 471 g/mol. The van der Waals surface area contributed by atoms with Crippen LogP contribution in [0.4, 0.5) is 19.0 Å². The fourth-order valence-corrected chi connectivity index (χ4v) is 3.95. The number of hydrogen-bond acceptors (Lipinski definition) is 3. The molecule has 2 aromatic rings. The highest BCUT2D eigenvalue weighted by molar-refractivity contribution is 9.10. The van der Waals surface area contributed by atoms with Crippen LogP contribution in [0, 0.1) is 5.92 Å². The van der Waals surface area contributed by atoms with Gasteiger partial charge < -0.3 is 10.6 Å². The van der Waals surface area contributed by atoms with Crippen molar-refractivity contribution in [1.82, 2.24) is 10.3 Å². The summed E-state index contributed by atoms with van der Waals surface area (Å²) >= 11 is 9.28. The van der Waals surface area contributed by atoms with Crippen LogP contribution in [0.15, 0.2) is 41.0 Å². The molecule has 1 amide bonds. The van der Waals surface area contributed by atoms with Gasteiger partial charge in [0.1, 0.15) is 10.4 Å². The summed E-state index contributed by atoms with van der Waals surface area (Å²) in [6, 6.07) is 8.37. The number of nitrogens with zero attached hydrogens (tertiary/aromatic N) is 1. The molecule has 1 saturated carbocycles. The van der Waals surface area contributed by atoms with Crippen LogP contribution in [0.1, 0.15) is 41.6 Å². The molecule has 29 heavy (non-hydrogen) atoms. The monoisotopic (exact) mass is 489 g/mol. The minimum atomic E-state index is -4.52. The van der Waals surface area contributed by atoms with E-state index >= 15 is 0 Å². The number of carbonyl (C=O) groups is 1. The zero-order valence-electron chi connectivity index (χ0n) is 15.4. The smallest absolute Gasteiger partial charge is 0.370 e. The Kier molecular flexibility index (Phi) is 7.05. The van der Waals surface area contributed by atoms with Crippen molar-refractivity contribution in [2.45, 2.75) is 37.9 Å². The topological polar surface area (TPSA) is 54.0 Å². The number of alkyl halides is 3. The molecule has 1 aliphatic carbocycles. The minimum absolute atomic E-state index is 0.00917. The zero-order chi connectivity index (χ0) is 21.0. The number of aromatic nitrogens is 1. The van der Waals surface area contributed by atoms with Gasteiger partial charge in [0, 0.05) is 12.6 Å². The summed E-state index contributed by atoms with van der Waals surface area (Å²) in [5.74, 6) is 0.677. The van der Waals surface area contributed by atoms with Crippen molar-refractivity contribution in [3.05, 3.63) is 57.2 Å². The van der Waals surface area contributed by atoms with Crippen molar-refractivity contribution >= 4 is 39.3 Å². The molecule has 4 nitrogen and oxygen atoms in total. The van der Waals surface area contributed by atoms with Crippen LogP contribution in [0.2, 0.25) is 5.02 Å². The summed E-state index contributed by atoms with van der Waals surface area (Å²) in [6.07, 6.45) is -1.18. The second kappa shape index (κ2) is 9.34. The predicted octanol–water partition coefficient (Wildman–Crippen LogP) is 5.92. The van der Waals surface area contributed by atoms with Gasteiger partial charge in [0.15, 0.2) is 0 Å². The fraction of sp³-hybridized carbons (Fsp3) is 0.400. The number of rotatable bonds is 5. The molecule has 0 spiro atoms. The standard InChI is InChI=1S/C20H20BrClF3N3O/c21-17-2-1-3-18(28-17)26-11-12-4-7-14(8-5-12)27-19(29)15-10-13(20(23,24)25)6-9-16(15)22/h1-3,6,9-10,12,14H,4-5,7-8,11H2,(H,26,28)(H,27,29). The number of benzene rings is 1. The van der Waals surface area contributed by atoms with Gasteiger partial charge in [-0.3, -0.25) is 4.79 Å². The van der Waals surface area contributed by atoms with Crippen molar-refractivity contribution in [3.8, 4) is 0 Å². The van der Waals surface area contributed by atoms with Crippen LogP contribution in [-0.2, 0) is 6.18 Å². The van der Waals surface area contributed by atoms with E-state index in [2.05, 4.69) is 31.5 Å². The highest BCUT2D eigenvalue weighted by Gasteiger charge is 2.32. The molecule has 1 aromatic heterocycles. The van der Waals surface area contributed by atoms with E-state index in [0.717, 1.165) is 60.8 Å². The van der Waals surface area contributed by atoms with E-state index in [4.69, 9.17) is 11.6 Å². The fourth-order valence-electron chi connectivity index (χ4n) is 3.41. The van der Waals surface area contributed by atoms with Crippen molar-refractivity contribution in [3.63, 3.8) is 0 Å². The average Bonchev–Trinajstić information content (AvgIpc) is 2.67. The maximum absolute atomic E-state index is 12.9. The van der Waals surface area contributed by atoms with Gasteiger partial charge in [-0.05, 0) is 77.9 Å². The van der Waals surface area contributed by atoms with Crippen molar-refractivity contribution in [2.75, 3.05) is 11.9 Å². The summed E-state index contributed by atoms with van der Waals surface area (Å²) in [7, 11) is 0. The molecule has 1 aliphatic rings. The number of hydrogen-bond donors (Lipinski definition) is 2. The number of carbonyl (C=O) groups excluding carboxylic acids is 1. The van der Waals surface area contributed by atoms with Gasteiger partial charge in [0.2, 0.25) is 0 Å². The Morgan fingerprint density at radius 3 is 2.55 bits per heavy atom. The summed E-state index contributed by atoms with van der Waals surface area (Å²) in [6.45, 7) is 0.781. The van der Waals surface area contributed by atoms with Crippen molar-refractivity contribution in [1.29, 1.82) is 0 Å². The van der Waals surface area contributed by atoms with E-state index in [1.165, 1.54) is 0 Å². The lowest BCUT2D eigenvalue weighted by molar-refractivity contribution is -0.137. The second-order valence-corrected chi connectivity index (χ2v) is 8.33. The van der Waals surface area contributed by atoms with Crippen LogP contribution in [0.5, 0.6) is 0 Å². The Hall–Kier alpha value is -1.80. The van der Waals surface area contributed by atoms with E-state index in [0.29, 0.717) is 5.92 Å². The first-order valence-corrected chi connectivity index (χ1v) is 10.4. The molecule has 0 radical (unpaired) electrons. The number of halogens is 5. The van der Waals surface area contributed by atoms with E-state index in [1.54, 1.807) is 0 Å². The summed E-state index contributed by atoms with van der Waals surface area (Å²) in [5.41, 5.74) is -1.03. The largest absolute Gasteiger partial charge is 0.416 e. The molecule has 1 heterocycles. The maximum atomic E-state index is 12.9. The Bertz CT molecular complexity index is 870. The van der Waals surface area contributed by atoms with E-state index < -0.39 is 17.6 Å². The van der Waals surface area contributed by atoms with Crippen LogP contribution < -0.4 is 10.6 Å². The lowest BCUT2D eigenvalue weighted by Gasteiger charge is -2.29. The Balaban J connectivity index is 1.51. The molecule has 0 atom stereocenters. The lowest BCUT2D eigenvalue weighted by Crippen LogP contribution is -2.38. The molecule has 3 rings (SSSR count). The average molecular weight is 491 g/mol. The number of nitrogens with one attached hydrogen (secondary N) is 2. The van der Waals surface area contributed by atoms with Crippen molar-refractivity contribution < 1.29 is 18.0 Å². The molecule has 0 aliphatic heterocycles. The predicted molar refractivity (Wildman–Crippen MR) is 110 cm³/mol. The maximum Gasteiger partial charge on any atom is 0.416 e. The van der Waals surface area contributed by atoms with Crippen LogP contribution in [-0.4, -0.2) is 23.5 Å². The first-order chi connectivity index (χ1) is 13.7.